The van der Waals surface area contributed by atoms with Gasteiger partial charge in [0.1, 0.15) is 12.4 Å². The fourth-order valence-electron chi connectivity index (χ4n) is 3.54. The van der Waals surface area contributed by atoms with Crippen LogP contribution in [0.25, 0.3) is 0 Å². The number of rotatable bonds is 9. The monoisotopic (exact) mass is 519 g/mol. The first-order valence-electron chi connectivity index (χ1n) is 11.7. The Morgan fingerprint density at radius 3 is 2.16 bits per heavy atom. The quantitative estimate of drug-likeness (QED) is 0.233. The SMILES string of the molecule is O=C(CNc1cccc(C(=O)Nc2cccc(C(F)(F)F)c2)c1)Nc1cccc(OCc2ccccc2)c1. The Hall–Kier alpha value is -4.79. The first-order chi connectivity index (χ1) is 18.3. The van der Waals surface area contributed by atoms with Crippen molar-refractivity contribution in [1.29, 1.82) is 0 Å². The number of hydrogen-bond donors (Lipinski definition) is 3. The lowest BCUT2D eigenvalue weighted by atomic mass is 10.1. The molecule has 0 aliphatic carbocycles. The van der Waals surface area contributed by atoms with Crippen LogP contribution in [0.15, 0.2) is 103 Å². The van der Waals surface area contributed by atoms with E-state index in [9.17, 15) is 22.8 Å². The van der Waals surface area contributed by atoms with Crippen molar-refractivity contribution in [3.05, 3.63) is 120 Å². The van der Waals surface area contributed by atoms with Crippen LogP contribution in [-0.2, 0) is 17.6 Å². The van der Waals surface area contributed by atoms with E-state index in [-0.39, 0.29) is 23.7 Å². The van der Waals surface area contributed by atoms with Gasteiger partial charge in [0.05, 0.1) is 12.1 Å². The van der Waals surface area contributed by atoms with Crippen molar-refractivity contribution < 1.29 is 27.5 Å². The molecule has 0 atom stereocenters. The first kappa shape index (κ1) is 26.3. The van der Waals surface area contributed by atoms with Gasteiger partial charge in [-0.3, -0.25) is 9.59 Å². The highest BCUT2D eigenvalue weighted by atomic mass is 19.4. The summed E-state index contributed by atoms with van der Waals surface area (Å²) >= 11 is 0. The average molecular weight is 520 g/mol. The molecule has 9 heteroatoms. The molecule has 0 unspecified atom stereocenters. The molecule has 4 aromatic rings. The van der Waals surface area contributed by atoms with E-state index in [0.29, 0.717) is 23.7 Å². The van der Waals surface area contributed by atoms with E-state index in [4.69, 9.17) is 4.74 Å². The highest BCUT2D eigenvalue weighted by Gasteiger charge is 2.30. The maximum absolute atomic E-state index is 12.9. The summed E-state index contributed by atoms with van der Waals surface area (Å²) in [5, 5.41) is 8.19. The van der Waals surface area contributed by atoms with Gasteiger partial charge in [-0.1, -0.05) is 48.5 Å². The third-order valence-electron chi connectivity index (χ3n) is 5.39. The van der Waals surface area contributed by atoms with Crippen molar-refractivity contribution in [2.75, 3.05) is 22.5 Å². The highest BCUT2D eigenvalue weighted by Crippen LogP contribution is 2.30. The number of nitrogens with one attached hydrogen (secondary N) is 3. The van der Waals surface area contributed by atoms with Crippen LogP contribution in [0.3, 0.4) is 0 Å². The Kier molecular flexibility index (Phi) is 8.27. The molecule has 0 saturated heterocycles. The van der Waals surface area contributed by atoms with E-state index in [2.05, 4.69) is 16.0 Å². The minimum Gasteiger partial charge on any atom is -0.489 e. The second-order valence-corrected chi connectivity index (χ2v) is 8.32. The highest BCUT2D eigenvalue weighted by molar-refractivity contribution is 6.05. The molecule has 4 rings (SSSR count). The molecule has 0 radical (unpaired) electrons. The van der Waals surface area contributed by atoms with Crippen LogP contribution in [0.2, 0.25) is 0 Å². The molecule has 0 aliphatic rings. The second-order valence-electron chi connectivity index (χ2n) is 8.32. The summed E-state index contributed by atoms with van der Waals surface area (Å²) in [5.74, 6) is -0.284. The third-order valence-corrected chi connectivity index (χ3v) is 5.39. The van der Waals surface area contributed by atoms with E-state index in [1.807, 2.05) is 30.3 Å². The van der Waals surface area contributed by atoms with Crippen molar-refractivity contribution in [2.24, 2.45) is 0 Å². The molecule has 0 aliphatic heterocycles. The van der Waals surface area contributed by atoms with Gasteiger partial charge >= 0.3 is 6.18 Å². The molecular formula is C29H24F3N3O3. The number of alkyl halides is 3. The van der Waals surface area contributed by atoms with E-state index >= 15 is 0 Å². The number of benzene rings is 4. The van der Waals surface area contributed by atoms with Gasteiger partial charge < -0.3 is 20.7 Å². The predicted molar refractivity (Wildman–Crippen MR) is 140 cm³/mol. The Bertz CT molecular complexity index is 1410. The van der Waals surface area contributed by atoms with Gasteiger partial charge in [-0.2, -0.15) is 13.2 Å². The predicted octanol–water partition coefficient (Wildman–Crippen LogP) is 6.59. The number of hydrogen-bond acceptors (Lipinski definition) is 4. The van der Waals surface area contributed by atoms with Crippen molar-refractivity contribution in [3.63, 3.8) is 0 Å². The van der Waals surface area contributed by atoms with Crippen LogP contribution < -0.4 is 20.7 Å². The average Bonchev–Trinajstić information content (AvgIpc) is 2.91. The number of carbonyl (C=O) groups is 2. The summed E-state index contributed by atoms with van der Waals surface area (Å²) in [6, 6.07) is 27.5. The molecule has 0 bridgehead atoms. The largest absolute Gasteiger partial charge is 0.489 e. The van der Waals surface area contributed by atoms with Gasteiger partial charge in [0.15, 0.2) is 0 Å². The standard InChI is InChI=1S/C29H24F3N3O3/c30-29(31,32)22-10-5-12-24(16-22)35-28(37)21-9-4-11-23(15-21)33-18-27(36)34-25-13-6-14-26(17-25)38-19-20-7-2-1-3-8-20/h1-17,33H,18-19H2,(H,34,36)(H,35,37). The molecule has 0 saturated carbocycles. The van der Waals surface area contributed by atoms with E-state index in [0.717, 1.165) is 17.7 Å². The second kappa shape index (κ2) is 12.0. The minimum absolute atomic E-state index is 0.0255. The summed E-state index contributed by atoms with van der Waals surface area (Å²) in [5.41, 5.74) is 1.48. The van der Waals surface area contributed by atoms with Gasteiger partial charge in [0.25, 0.3) is 5.91 Å². The van der Waals surface area contributed by atoms with Crippen LogP contribution in [0.4, 0.5) is 30.2 Å². The lowest BCUT2D eigenvalue weighted by Gasteiger charge is -2.12. The summed E-state index contributed by atoms with van der Waals surface area (Å²) in [6.07, 6.45) is -4.51. The third kappa shape index (κ3) is 7.60. The molecule has 194 valence electrons. The fraction of sp³-hybridized carbons (Fsp3) is 0.103. The molecule has 0 spiro atoms. The smallest absolute Gasteiger partial charge is 0.416 e. The maximum Gasteiger partial charge on any atom is 0.416 e. The van der Waals surface area contributed by atoms with Crippen LogP contribution in [-0.4, -0.2) is 18.4 Å². The summed E-state index contributed by atoms with van der Waals surface area (Å²) in [6.45, 7) is 0.325. The normalized spacial score (nSPS) is 10.9. The fourth-order valence-corrected chi connectivity index (χ4v) is 3.54. The van der Waals surface area contributed by atoms with Crippen molar-refractivity contribution in [1.82, 2.24) is 0 Å². The van der Waals surface area contributed by atoms with E-state index in [1.54, 1.807) is 36.4 Å². The summed E-state index contributed by atoms with van der Waals surface area (Å²) in [4.78, 5) is 25.0. The van der Waals surface area contributed by atoms with Gasteiger partial charge in [0.2, 0.25) is 5.91 Å². The number of amides is 2. The van der Waals surface area contributed by atoms with Crippen LogP contribution in [0.1, 0.15) is 21.5 Å². The van der Waals surface area contributed by atoms with Crippen LogP contribution >= 0.6 is 0 Å². The molecule has 2 amide bonds. The molecule has 0 aromatic heterocycles. The maximum atomic E-state index is 12.9. The minimum atomic E-state index is -4.51. The zero-order chi connectivity index (χ0) is 27.0. The molecule has 3 N–H and O–H groups in total. The zero-order valence-corrected chi connectivity index (χ0v) is 20.1. The number of halogens is 3. The lowest BCUT2D eigenvalue weighted by Crippen LogP contribution is -2.22. The Morgan fingerprint density at radius 1 is 0.711 bits per heavy atom. The van der Waals surface area contributed by atoms with Gasteiger partial charge in [0, 0.05) is 28.7 Å². The van der Waals surface area contributed by atoms with Gasteiger partial charge in [-0.15, -0.1) is 0 Å². The Balaban J connectivity index is 1.30. The Morgan fingerprint density at radius 2 is 1.39 bits per heavy atom. The van der Waals surface area contributed by atoms with E-state index in [1.165, 1.54) is 24.3 Å². The molecule has 6 nitrogen and oxygen atoms in total. The van der Waals surface area contributed by atoms with Gasteiger partial charge in [-0.25, -0.2) is 0 Å². The Labute approximate surface area is 217 Å². The van der Waals surface area contributed by atoms with Crippen molar-refractivity contribution in [3.8, 4) is 5.75 Å². The molecule has 0 heterocycles. The number of anilines is 3. The first-order valence-corrected chi connectivity index (χ1v) is 11.7. The number of ether oxygens (including phenoxy) is 1. The molecular weight excluding hydrogens is 495 g/mol. The van der Waals surface area contributed by atoms with Crippen LogP contribution in [0.5, 0.6) is 5.75 Å². The lowest BCUT2D eigenvalue weighted by molar-refractivity contribution is -0.137. The van der Waals surface area contributed by atoms with Crippen molar-refractivity contribution >= 4 is 28.9 Å². The molecule has 38 heavy (non-hydrogen) atoms. The zero-order valence-electron chi connectivity index (χ0n) is 20.1. The molecule has 4 aromatic carbocycles. The van der Waals surface area contributed by atoms with Gasteiger partial charge in [-0.05, 0) is 54.1 Å². The topological polar surface area (TPSA) is 79.5 Å². The summed E-state index contributed by atoms with van der Waals surface area (Å²) < 4.78 is 44.6. The summed E-state index contributed by atoms with van der Waals surface area (Å²) in [7, 11) is 0. The van der Waals surface area contributed by atoms with Crippen LogP contribution in [0, 0.1) is 0 Å². The number of carbonyl (C=O) groups excluding carboxylic acids is 2. The molecule has 0 fully saturated rings. The van der Waals surface area contributed by atoms with E-state index < -0.39 is 17.6 Å². The van der Waals surface area contributed by atoms with Crippen molar-refractivity contribution in [2.45, 2.75) is 12.8 Å².